The molecule has 2 unspecified atom stereocenters. The van der Waals surface area contributed by atoms with E-state index in [9.17, 15) is 9.59 Å². The van der Waals surface area contributed by atoms with E-state index < -0.39 is 0 Å². The zero-order valence-corrected chi connectivity index (χ0v) is 19.2. The normalized spacial score (nSPS) is 14.1. The van der Waals surface area contributed by atoms with Gasteiger partial charge in [-0.3, -0.25) is 9.59 Å². The third-order valence-electron chi connectivity index (χ3n) is 6.42. The number of carbonyl (C=O) groups excluding carboxylic acids is 2. The minimum Gasteiger partial charge on any atom is -0.378 e. The molecule has 4 aromatic carbocycles. The second-order valence-corrected chi connectivity index (χ2v) is 8.67. The highest BCUT2D eigenvalue weighted by atomic mass is 16.1. The quantitative estimate of drug-likeness (QED) is 0.301. The number of hydrogen-bond donors (Lipinski definition) is 2. The van der Waals surface area contributed by atoms with Crippen LogP contribution in [0.2, 0.25) is 0 Å². The lowest BCUT2D eigenvalue weighted by molar-refractivity contribution is 0.0980. The fourth-order valence-electron chi connectivity index (χ4n) is 4.60. The first-order valence-corrected chi connectivity index (χ1v) is 11.5. The molecule has 0 radical (unpaired) electrons. The maximum absolute atomic E-state index is 13.7. The summed E-state index contributed by atoms with van der Waals surface area (Å²) in [5.74, 6) is -0.270. The topological polar surface area (TPSA) is 58.2 Å². The largest absolute Gasteiger partial charge is 0.378 e. The van der Waals surface area contributed by atoms with Gasteiger partial charge in [0.2, 0.25) is 0 Å². The maximum atomic E-state index is 13.7. The third-order valence-corrected chi connectivity index (χ3v) is 6.42. The van der Waals surface area contributed by atoms with E-state index in [0.717, 1.165) is 11.1 Å². The monoisotopic (exact) mass is 446 g/mol. The fraction of sp³-hybridized carbons (Fsp3) is 0.133. The summed E-state index contributed by atoms with van der Waals surface area (Å²) in [6, 6.07) is 30.9. The third kappa shape index (κ3) is 3.88. The van der Waals surface area contributed by atoms with Crippen molar-refractivity contribution < 1.29 is 9.59 Å². The second kappa shape index (κ2) is 8.99. The molecule has 0 saturated carbocycles. The number of anilines is 2. The Balaban J connectivity index is 1.51. The minimum atomic E-state index is -0.135. The van der Waals surface area contributed by atoms with Gasteiger partial charge in [-0.2, -0.15) is 0 Å². The molecule has 0 bridgehead atoms. The highest BCUT2D eigenvalue weighted by molar-refractivity contribution is 6.31. The van der Waals surface area contributed by atoms with Gasteiger partial charge in [-0.05, 0) is 37.1 Å². The molecule has 0 saturated heterocycles. The molecule has 0 fully saturated rings. The van der Waals surface area contributed by atoms with E-state index >= 15 is 0 Å². The van der Waals surface area contributed by atoms with Crippen molar-refractivity contribution in [3.63, 3.8) is 0 Å². The van der Waals surface area contributed by atoms with Crippen molar-refractivity contribution in [3.05, 3.63) is 130 Å². The average Bonchev–Trinajstić information content (AvgIpc) is 2.88. The van der Waals surface area contributed by atoms with E-state index in [2.05, 4.69) is 10.6 Å². The van der Waals surface area contributed by atoms with E-state index in [1.807, 2.05) is 98.8 Å². The summed E-state index contributed by atoms with van der Waals surface area (Å²) in [5, 5.41) is 6.90. The van der Waals surface area contributed by atoms with Crippen LogP contribution in [0.4, 0.5) is 11.4 Å². The van der Waals surface area contributed by atoms with Crippen LogP contribution >= 0.6 is 0 Å². The van der Waals surface area contributed by atoms with Crippen molar-refractivity contribution in [2.24, 2.45) is 0 Å². The molecule has 168 valence electrons. The summed E-state index contributed by atoms with van der Waals surface area (Å²) in [6.07, 6.45) is 0. The average molecular weight is 447 g/mol. The van der Waals surface area contributed by atoms with Gasteiger partial charge in [0.15, 0.2) is 11.6 Å². The molecular weight excluding hydrogens is 420 g/mol. The van der Waals surface area contributed by atoms with E-state index in [4.69, 9.17) is 0 Å². The summed E-state index contributed by atoms with van der Waals surface area (Å²) in [4.78, 5) is 27.4. The van der Waals surface area contributed by atoms with Crippen LogP contribution in [0.5, 0.6) is 0 Å². The summed E-state index contributed by atoms with van der Waals surface area (Å²) in [6.45, 7) is 4.09. The van der Waals surface area contributed by atoms with Crippen LogP contribution in [0, 0.1) is 0 Å². The molecule has 0 heterocycles. The molecule has 2 atom stereocenters. The molecule has 0 aliphatic heterocycles. The highest BCUT2D eigenvalue weighted by Gasteiger charge is 2.34. The zero-order valence-electron chi connectivity index (χ0n) is 19.2. The van der Waals surface area contributed by atoms with Crippen LogP contribution in [-0.4, -0.2) is 11.6 Å². The number of nitrogens with one attached hydrogen (secondary N) is 2. The Morgan fingerprint density at radius 3 is 1.26 bits per heavy atom. The van der Waals surface area contributed by atoms with Gasteiger partial charge in [-0.15, -0.1) is 0 Å². The van der Waals surface area contributed by atoms with Crippen molar-refractivity contribution in [1.82, 2.24) is 0 Å². The van der Waals surface area contributed by atoms with E-state index in [-0.39, 0.29) is 23.7 Å². The lowest BCUT2D eigenvalue weighted by Crippen LogP contribution is -2.24. The zero-order chi connectivity index (χ0) is 23.7. The summed E-state index contributed by atoms with van der Waals surface area (Å²) in [7, 11) is 0. The Labute approximate surface area is 199 Å². The van der Waals surface area contributed by atoms with Gasteiger partial charge < -0.3 is 10.6 Å². The Kier molecular flexibility index (Phi) is 5.72. The SMILES string of the molecule is CC(Nc1cccc2c1C(=O)c1cccc(NC(C)c3ccccc3)c1C2=O)c1ccccc1. The number of carbonyl (C=O) groups is 2. The second-order valence-electron chi connectivity index (χ2n) is 8.67. The van der Waals surface area contributed by atoms with Gasteiger partial charge in [-0.25, -0.2) is 0 Å². The summed E-state index contributed by atoms with van der Waals surface area (Å²) >= 11 is 0. The first-order chi connectivity index (χ1) is 16.5. The van der Waals surface area contributed by atoms with Crippen LogP contribution in [-0.2, 0) is 0 Å². The van der Waals surface area contributed by atoms with Crippen LogP contribution < -0.4 is 10.6 Å². The molecule has 1 aliphatic carbocycles. The number of rotatable bonds is 6. The van der Waals surface area contributed by atoms with Gasteiger partial charge >= 0.3 is 0 Å². The molecule has 4 heteroatoms. The van der Waals surface area contributed by atoms with Crippen molar-refractivity contribution >= 4 is 22.9 Å². The van der Waals surface area contributed by atoms with Gasteiger partial charge in [0, 0.05) is 34.6 Å². The summed E-state index contributed by atoms with van der Waals surface area (Å²) in [5.41, 5.74) is 5.32. The molecule has 2 N–H and O–H groups in total. The molecule has 34 heavy (non-hydrogen) atoms. The smallest absolute Gasteiger partial charge is 0.196 e. The lowest BCUT2D eigenvalue weighted by atomic mass is 9.82. The predicted molar refractivity (Wildman–Crippen MR) is 137 cm³/mol. The fourth-order valence-corrected chi connectivity index (χ4v) is 4.60. The molecule has 0 amide bonds. The number of ketones is 2. The molecule has 4 nitrogen and oxygen atoms in total. The number of hydrogen-bond acceptors (Lipinski definition) is 4. The van der Waals surface area contributed by atoms with Crippen molar-refractivity contribution in [2.75, 3.05) is 10.6 Å². The highest BCUT2D eigenvalue weighted by Crippen LogP contribution is 2.37. The van der Waals surface area contributed by atoms with Crippen LogP contribution in [0.15, 0.2) is 97.1 Å². The first kappa shape index (κ1) is 21.7. The van der Waals surface area contributed by atoms with E-state index in [1.165, 1.54) is 0 Å². The molecule has 1 aliphatic rings. The van der Waals surface area contributed by atoms with Crippen LogP contribution in [0.25, 0.3) is 0 Å². The van der Waals surface area contributed by atoms with Gasteiger partial charge in [0.05, 0.1) is 11.1 Å². The van der Waals surface area contributed by atoms with E-state index in [0.29, 0.717) is 33.6 Å². The van der Waals surface area contributed by atoms with Crippen LogP contribution in [0.3, 0.4) is 0 Å². The van der Waals surface area contributed by atoms with Gasteiger partial charge in [0.1, 0.15) is 0 Å². The van der Waals surface area contributed by atoms with Crippen molar-refractivity contribution in [1.29, 1.82) is 0 Å². The molecule has 4 aromatic rings. The van der Waals surface area contributed by atoms with Crippen molar-refractivity contribution in [2.45, 2.75) is 25.9 Å². The summed E-state index contributed by atoms with van der Waals surface area (Å²) < 4.78 is 0. The number of fused-ring (bicyclic) bond motifs is 2. The Bertz CT molecular complexity index is 1260. The minimum absolute atomic E-state index is 0.0169. The van der Waals surface area contributed by atoms with Crippen LogP contribution in [0.1, 0.15) is 68.9 Å². The predicted octanol–water partition coefficient (Wildman–Crippen LogP) is 6.81. The number of benzene rings is 4. The molecular formula is C30H26N2O2. The first-order valence-electron chi connectivity index (χ1n) is 11.5. The lowest BCUT2D eigenvalue weighted by Gasteiger charge is -2.26. The molecule has 5 rings (SSSR count). The Morgan fingerprint density at radius 1 is 0.500 bits per heavy atom. The maximum Gasteiger partial charge on any atom is 0.196 e. The Hall–Kier alpha value is -4.18. The standard InChI is InChI=1S/C30H26N2O2/c1-19(21-11-5-3-6-12-21)31-25-17-9-15-23-27(25)29(33)24-16-10-18-26(28(24)30(23)34)32-20(2)22-13-7-4-8-14-22/h3-20,31-32H,1-2H3. The Morgan fingerprint density at radius 2 is 0.882 bits per heavy atom. The molecule has 0 spiro atoms. The van der Waals surface area contributed by atoms with E-state index in [1.54, 1.807) is 12.1 Å². The van der Waals surface area contributed by atoms with Crippen molar-refractivity contribution in [3.8, 4) is 0 Å². The van der Waals surface area contributed by atoms with Gasteiger partial charge in [-0.1, -0.05) is 84.9 Å². The molecule has 0 aromatic heterocycles. The van der Waals surface area contributed by atoms with Gasteiger partial charge in [0.25, 0.3) is 0 Å².